The maximum atomic E-state index is 14.0. The van der Waals surface area contributed by atoms with Crippen LogP contribution in [0, 0.1) is 29.1 Å². The summed E-state index contributed by atoms with van der Waals surface area (Å²) < 4.78 is 67.1. The number of urea groups is 1. The Morgan fingerprint density at radius 1 is 1.03 bits per heavy atom. The van der Waals surface area contributed by atoms with Gasteiger partial charge in [-0.3, -0.25) is 4.79 Å². The van der Waals surface area contributed by atoms with Gasteiger partial charge in [0.2, 0.25) is 0 Å². The topological polar surface area (TPSA) is 65.2 Å². The highest BCUT2D eigenvalue weighted by Crippen LogP contribution is 2.21. The fraction of sp³-hybridized carbons (Fsp3) is 0.238. The largest absolute Gasteiger partial charge is 0.334 e. The number of carbonyl (C=O) groups is 1. The lowest BCUT2D eigenvalue weighted by Gasteiger charge is -2.22. The number of pyridine rings is 1. The predicted octanol–water partition coefficient (Wildman–Crippen LogP) is 4.00. The predicted molar refractivity (Wildman–Crippen MR) is 104 cm³/mol. The van der Waals surface area contributed by atoms with Gasteiger partial charge in [0.1, 0.15) is 0 Å². The minimum atomic E-state index is -1.59. The molecule has 3 rings (SSSR count). The molecule has 1 heterocycles. The lowest BCUT2D eigenvalue weighted by Crippen LogP contribution is -2.40. The highest BCUT2D eigenvalue weighted by molar-refractivity contribution is 5.85. The van der Waals surface area contributed by atoms with E-state index < -0.39 is 46.1 Å². The van der Waals surface area contributed by atoms with Crippen LogP contribution in [0.15, 0.2) is 35.3 Å². The maximum Gasteiger partial charge on any atom is 0.317 e. The van der Waals surface area contributed by atoms with Crippen LogP contribution in [0.4, 0.5) is 26.7 Å². The highest BCUT2D eigenvalue weighted by atomic mass is 19.2. The first-order valence-electron chi connectivity index (χ1n) is 9.37. The van der Waals surface area contributed by atoms with Gasteiger partial charge in [-0.2, -0.15) is 0 Å². The van der Waals surface area contributed by atoms with Crippen LogP contribution >= 0.6 is 0 Å². The molecule has 2 N–H and O–H groups in total. The zero-order chi connectivity index (χ0) is 22.7. The Hall–Kier alpha value is -3.43. The number of amides is 2. The molecule has 0 radical (unpaired) electrons. The van der Waals surface area contributed by atoms with Crippen molar-refractivity contribution < 1.29 is 26.7 Å². The van der Waals surface area contributed by atoms with Gasteiger partial charge in [0.15, 0.2) is 29.1 Å². The second-order valence-electron chi connectivity index (χ2n) is 6.79. The van der Waals surface area contributed by atoms with Gasteiger partial charge in [0.05, 0.1) is 5.39 Å². The molecule has 0 fully saturated rings. The standard InChI is InChI=1S/C21H18F5N3O2/c1-2-29(21(31)28-9-11-7-15(23)18(25)16(24)8-11)6-5-12-10-27-20(30)17-13(12)3-4-14(22)19(17)26/h3-4,7-8,10H,2,5-6,9H2,1H3,(H,27,30)(H,28,31). The number of nitrogens with one attached hydrogen (secondary N) is 2. The minimum absolute atomic E-state index is 0.0462. The second kappa shape index (κ2) is 9.15. The Labute approximate surface area is 173 Å². The average Bonchev–Trinajstić information content (AvgIpc) is 2.74. The van der Waals surface area contributed by atoms with Crippen LogP contribution in [0.1, 0.15) is 18.1 Å². The molecule has 0 unspecified atom stereocenters. The minimum Gasteiger partial charge on any atom is -0.334 e. The average molecular weight is 439 g/mol. The fourth-order valence-corrected chi connectivity index (χ4v) is 3.21. The Morgan fingerprint density at radius 3 is 2.35 bits per heavy atom. The van der Waals surface area contributed by atoms with Gasteiger partial charge in [-0.05, 0) is 48.1 Å². The number of H-pyrrole nitrogens is 1. The molecule has 0 atom stereocenters. The van der Waals surface area contributed by atoms with Crippen LogP contribution in [-0.2, 0) is 13.0 Å². The normalized spacial score (nSPS) is 11.0. The Kier molecular flexibility index (Phi) is 6.57. The van der Waals surface area contributed by atoms with Gasteiger partial charge in [-0.15, -0.1) is 0 Å². The van der Waals surface area contributed by atoms with Crippen molar-refractivity contribution in [1.29, 1.82) is 0 Å². The van der Waals surface area contributed by atoms with Crippen molar-refractivity contribution in [1.82, 2.24) is 15.2 Å². The van der Waals surface area contributed by atoms with Gasteiger partial charge in [0.25, 0.3) is 5.56 Å². The van der Waals surface area contributed by atoms with E-state index in [2.05, 4.69) is 10.3 Å². The molecule has 1 aromatic heterocycles. The quantitative estimate of drug-likeness (QED) is 0.451. The third-order valence-corrected chi connectivity index (χ3v) is 4.85. The maximum absolute atomic E-state index is 14.0. The molecule has 164 valence electrons. The number of halogens is 5. The van der Waals surface area contributed by atoms with Crippen molar-refractivity contribution >= 4 is 16.8 Å². The van der Waals surface area contributed by atoms with Crippen molar-refractivity contribution in [2.45, 2.75) is 19.9 Å². The van der Waals surface area contributed by atoms with Crippen LogP contribution in [0.5, 0.6) is 0 Å². The zero-order valence-corrected chi connectivity index (χ0v) is 16.4. The molecule has 2 aromatic carbocycles. The summed E-state index contributed by atoms with van der Waals surface area (Å²) in [4.78, 5) is 28.0. The SMILES string of the molecule is CCN(CCc1c[nH]c(=O)c2c(F)c(F)ccc12)C(=O)NCc1cc(F)c(F)c(F)c1. The molecule has 0 saturated carbocycles. The van der Waals surface area contributed by atoms with E-state index in [9.17, 15) is 31.5 Å². The summed E-state index contributed by atoms with van der Waals surface area (Å²) in [5, 5.41) is 2.32. The molecule has 0 aliphatic rings. The van der Waals surface area contributed by atoms with E-state index in [-0.39, 0.29) is 37.0 Å². The number of aromatic amines is 1. The molecule has 31 heavy (non-hydrogen) atoms. The van der Waals surface area contributed by atoms with E-state index in [0.29, 0.717) is 5.56 Å². The number of carbonyl (C=O) groups excluding carboxylic acids is 1. The smallest absolute Gasteiger partial charge is 0.317 e. The molecule has 3 aromatic rings. The molecule has 5 nitrogen and oxygen atoms in total. The molecule has 0 bridgehead atoms. The summed E-state index contributed by atoms with van der Waals surface area (Å²) in [6, 6.07) is 3.25. The van der Waals surface area contributed by atoms with Gasteiger partial charge < -0.3 is 15.2 Å². The van der Waals surface area contributed by atoms with Crippen molar-refractivity contribution in [2.75, 3.05) is 13.1 Å². The van der Waals surface area contributed by atoms with Gasteiger partial charge in [-0.1, -0.05) is 6.07 Å². The van der Waals surface area contributed by atoms with Crippen molar-refractivity contribution in [3.05, 3.63) is 81.0 Å². The molecule has 0 spiro atoms. The molecular formula is C21H18F5N3O2. The number of hydrogen-bond acceptors (Lipinski definition) is 2. The number of hydrogen-bond donors (Lipinski definition) is 2. The van der Waals surface area contributed by atoms with E-state index in [4.69, 9.17) is 0 Å². The van der Waals surface area contributed by atoms with Crippen molar-refractivity contribution in [3.63, 3.8) is 0 Å². The number of likely N-dealkylation sites (N-methyl/N-ethyl adjacent to an activating group) is 1. The van der Waals surface area contributed by atoms with Crippen LogP contribution in [0.2, 0.25) is 0 Å². The Balaban J connectivity index is 1.70. The molecule has 0 aliphatic heterocycles. The number of rotatable bonds is 6. The van der Waals surface area contributed by atoms with E-state index >= 15 is 0 Å². The number of benzene rings is 2. The Bertz CT molecular complexity index is 1170. The van der Waals surface area contributed by atoms with Gasteiger partial charge >= 0.3 is 6.03 Å². The molecule has 2 amide bonds. The molecular weight excluding hydrogens is 421 g/mol. The molecule has 0 saturated heterocycles. The van der Waals surface area contributed by atoms with E-state index in [1.807, 2.05) is 0 Å². The second-order valence-corrected chi connectivity index (χ2v) is 6.79. The molecule has 0 aliphatic carbocycles. The monoisotopic (exact) mass is 439 g/mol. The lowest BCUT2D eigenvalue weighted by molar-refractivity contribution is 0.200. The summed E-state index contributed by atoms with van der Waals surface area (Å²) >= 11 is 0. The van der Waals surface area contributed by atoms with E-state index in [1.165, 1.54) is 17.2 Å². The molecule has 10 heteroatoms. The van der Waals surface area contributed by atoms with Crippen LogP contribution in [0.25, 0.3) is 10.8 Å². The van der Waals surface area contributed by atoms with Crippen molar-refractivity contribution in [2.24, 2.45) is 0 Å². The van der Waals surface area contributed by atoms with Crippen LogP contribution in [-0.4, -0.2) is 29.0 Å². The van der Waals surface area contributed by atoms with E-state index in [0.717, 1.165) is 18.2 Å². The van der Waals surface area contributed by atoms with Crippen LogP contribution in [0.3, 0.4) is 0 Å². The van der Waals surface area contributed by atoms with Crippen LogP contribution < -0.4 is 10.9 Å². The first kappa shape index (κ1) is 22.3. The fourth-order valence-electron chi connectivity index (χ4n) is 3.21. The first-order chi connectivity index (χ1) is 14.7. The lowest BCUT2D eigenvalue weighted by atomic mass is 10.0. The number of nitrogens with zero attached hydrogens (tertiary/aromatic N) is 1. The summed E-state index contributed by atoms with van der Waals surface area (Å²) in [5.41, 5.74) is -0.216. The third kappa shape index (κ3) is 4.68. The number of aromatic nitrogens is 1. The summed E-state index contributed by atoms with van der Waals surface area (Å²) in [6.07, 6.45) is 1.59. The zero-order valence-electron chi connectivity index (χ0n) is 16.4. The van der Waals surface area contributed by atoms with E-state index in [1.54, 1.807) is 6.92 Å². The summed E-state index contributed by atoms with van der Waals surface area (Å²) in [5.74, 6) is -6.69. The first-order valence-corrected chi connectivity index (χ1v) is 9.37. The Morgan fingerprint density at radius 2 is 1.71 bits per heavy atom. The summed E-state index contributed by atoms with van der Waals surface area (Å²) in [6.45, 7) is 1.92. The third-order valence-electron chi connectivity index (χ3n) is 4.85. The van der Waals surface area contributed by atoms with Gasteiger partial charge in [0, 0.05) is 25.8 Å². The van der Waals surface area contributed by atoms with Crippen molar-refractivity contribution in [3.8, 4) is 0 Å². The van der Waals surface area contributed by atoms with Gasteiger partial charge in [-0.25, -0.2) is 26.7 Å². The number of fused-ring (bicyclic) bond motifs is 1. The highest BCUT2D eigenvalue weighted by Gasteiger charge is 2.17. The summed E-state index contributed by atoms with van der Waals surface area (Å²) in [7, 11) is 0.